The fourth-order valence-electron chi connectivity index (χ4n) is 10.6. The van der Waals surface area contributed by atoms with Crippen molar-refractivity contribution in [1.82, 2.24) is 5.32 Å². The number of quaternary nitrogens is 2. The second kappa shape index (κ2) is 15.1. The van der Waals surface area contributed by atoms with Crippen LogP contribution in [0.3, 0.4) is 0 Å². The van der Waals surface area contributed by atoms with Crippen molar-refractivity contribution in [3.63, 3.8) is 0 Å². The highest BCUT2D eigenvalue weighted by Gasteiger charge is 2.52. The van der Waals surface area contributed by atoms with Gasteiger partial charge in [0.25, 0.3) is 0 Å². The van der Waals surface area contributed by atoms with Gasteiger partial charge < -0.3 is 16.0 Å². The highest BCUT2D eigenvalue weighted by molar-refractivity contribution is 6.00. The summed E-state index contributed by atoms with van der Waals surface area (Å²) in [6.07, 6.45) is 4.39. The first-order valence-electron chi connectivity index (χ1n) is 21.9. The van der Waals surface area contributed by atoms with E-state index in [1.165, 1.54) is 88.9 Å². The molecule has 9 aromatic rings. The first kappa shape index (κ1) is 37.2. The van der Waals surface area contributed by atoms with Crippen molar-refractivity contribution in [1.29, 1.82) is 0 Å². The van der Waals surface area contributed by atoms with E-state index in [1.54, 1.807) is 0 Å². The SMILES string of the molecule is [NH3+]C(NC1[NH2+]C=C(c2ccccc2)C=C1c1ccccc1)c1cccc(-c2ccc3c(c2)C2(c4cc5ccccc5cc4-3)c3ccccc3N(c3ccccc3)c3ccccc32)c1. The molecule has 0 radical (unpaired) electrons. The Morgan fingerprint density at radius 3 is 1.76 bits per heavy atom. The summed E-state index contributed by atoms with van der Waals surface area (Å²) < 4.78 is 0. The van der Waals surface area contributed by atoms with E-state index in [4.69, 9.17) is 5.73 Å². The fraction of sp³-hybridized carbons (Fsp3) is 0.0508. The molecule has 4 heteroatoms. The van der Waals surface area contributed by atoms with Crippen LogP contribution in [0.2, 0.25) is 0 Å². The minimum atomic E-state index is -0.555. The van der Waals surface area contributed by atoms with E-state index in [2.05, 4.69) is 246 Å². The van der Waals surface area contributed by atoms with Crippen molar-refractivity contribution in [2.24, 2.45) is 0 Å². The third-order valence-corrected chi connectivity index (χ3v) is 13.4. The van der Waals surface area contributed by atoms with Crippen molar-refractivity contribution in [3.05, 3.63) is 270 Å². The maximum absolute atomic E-state index is 4.72. The number of fused-ring (bicyclic) bond motifs is 10. The standard InChI is InChI=1S/C59H44N4/c60-57(62-58-49(40-19-6-2-7-20-40)35-46(38-61-58)39-17-4-1-5-18-39)45-24-16-23-41(33-45)44-31-32-48-50-34-42-21-10-11-22-43(42)36-54(50)59(53(48)37-44)51-27-12-14-29-55(51)63(47-25-8-3-9-26-47)56-30-15-13-28-52(56)59/h1-38,57-58,61-62H,60H2/p+2. The lowest BCUT2D eigenvalue weighted by Crippen LogP contribution is -2.91. The van der Waals surface area contributed by atoms with Crippen LogP contribution in [0.5, 0.6) is 0 Å². The van der Waals surface area contributed by atoms with E-state index >= 15 is 0 Å². The molecule has 0 aromatic heterocycles. The first-order valence-corrected chi connectivity index (χ1v) is 21.9. The maximum atomic E-state index is 4.72. The van der Waals surface area contributed by atoms with E-state index in [-0.39, 0.29) is 12.3 Å². The molecule has 9 aromatic carbocycles. The Balaban J connectivity index is 0.975. The Bertz CT molecular complexity index is 3210. The molecule has 1 spiro atoms. The van der Waals surface area contributed by atoms with Gasteiger partial charge in [0.15, 0.2) is 12.3 Å². The summed E-state index contributed by atoms with van der Waals surface area (Å²) >= 11 is 0. The minimum Gasteiger partial charge on any atom is -0.339 e. The van der Waals surface area contributed by atoms with E-state index in [0.717, 1.165) is 11.3 Å². The first-order chi connectivity index (χ1) is 31.1. The molecule has 2 heterocycles. The second-order valence-electron chi connectivity index (χ2n) is 16.9. The number of hydrogen-bond donors (Lipinski definition) is 3. The normalized spacial score (nSPS) is 16.1. The van der Waals surface area contributed by atoms with Gasteiger partial charge in [0.05, 0.1) is 16.8 Å². The van der Waals surface area contributed by atoms with E-state index < -0.39 is 5.41 Å². The summed E-state index contributed by atoms with van der Waals surface area (Å²) in [6.45, 7) is 0. The molecule has 12 rings (SSSR count). The largest absolute Gasteiger partial charge is 0.339 e. The highest BCUT2D eigenvalue weighted by atomic mass is 15.2. The molecular formula is C59H46N4+2. The molecule has 0 fully saturated rings. The summed E-state index contributed by atoms with van der Waals surface area (Å²) in [6, 6.07) is 80.1. The number of nitrogens with one attached hydrogen (secondary N) is 1. The third kappa shape index (κ3) is 6.03. The molecule has 300 valence electrons. The van der Waals surface area contributed by atoms with Gasteiger partial charge in [-0.15, -0.1) is 0 Å². The monoisotopic (exact) mass is 810 g/mol. The van der Waals surface area contributed by atoms with E-state index in [0.29, 0.717) is 0 Å². The number of para-hydroxylation sites is 3. The predicted octanol–water partition coefficient (Wildman–Crippen LogP) is 11.5. The molecule has 2 unspecified atom stereocenters. The average molecular weight is 811 g/mol. The van der Waals surface area contributed by atoms with Gasteiger partial charge >= 0.3 is 0 Å². The molecule has 2 aliphatic heterocycles. The minimum absolute atomic E-state index is 0.0122. The van der Waals surface area contributed by atoms with Crippen LogP contribution in [0.15, 0.2) is 231 Å². The lowest BCUT2D eigenvalue weighted by atomic mass is 9.64. The van der Waals surface area contributed by atoms with Crippen LogP contribution in [0.25, 0.3) is 44.2 Å². The zero-order valence-electron chi connectivity index (χ0n) is 34.8. The summed E-state index contributed by atoms with van der Waals surface area (Å²) in [5, 5.41) is 8.69. The second-order valence-corrected chi connectivity index (χ2v) is 16.9. The Hall–Kier alpha value is -7.60. The Morgan fingerprint density at radius 1 is 0.476 bits per heavy atom. The molecule has 4 nitrogen and oxygen atoms in total. The van der Waals surface area contributed by atoms with Crippen molar-refractivity contribution >= 4 is 39.0 Å². The van der Waals surface area contributed by atoms with Gasteiger partial charge in [-0.2, -0.15) is 0 Å². The number of allylic oxidation sites excluding steroid dienone is 2. The van der Waals surface area contributed by atoms with Gasteiger partial charge in [0.2, 0.25) is 0 Å². The zero-order valence-corrected chi connectivity index (χ0v) is 34.8. The Labute approximate surface area is 368 Å². The van der Waals surface area contributed by atoms with E-state index in [9.17, 15) is 0 Å². The van der Waals surface area contributed by atoms with Crippen LogP contribution < -0.4 is 21.3 Å². The summed E-state index contributed by atoms with van der Waals surface area (Å²) in [5.41, 5.74) is 23.8. The van der Waals surface area contributed by atoms with Crippen molar-refractivity contribution in [2.45, 2.75) is 17.7 Å². The highest BCUT2D eigenvalue weighted by Crippen LogP contribution is 2.64. The number of nitrogens with two attached hydrogens (primary N) is 1. The van der Waals surface area contributed by atoms with Crippen LogP contribution in [0.4, 0.5) is 17.1 Å². The van der Waals surface area contributed by atoms with Gasteiger partial charge in [-0.05, 0) is 121 Å². The van der Waals surface area contributed by atoms with Crippen LogP contribution in [0, 0.1) is 0 Å². The van der Waals surface area contributed by atoms with Crippen LogP contribution in [-0.4, -0.2) is 6.17 Å². The number of anilines is 3. The molecule has 0 saturated carbocycles. The van der Waals surface area contributed by atoms with Gasteiger partial charge in [-0.1, -0.05) is 170 Å². The molecule has 63 heavy (non-hydrogen) atoms. The fourth-order valence-corrected chi connectivity index (χ4v) is 10.6. The molecule has 0 bridgehead atoms. The van der Waals surface area contributed by atoms with Crippen LogP contribution in [0.1, 0.15) is 45.1 Å². The molecule has 2 atom stereocenters. The predicted molar refractivity (Wildman–Crippen MR) is 258 cm³/mol. The van der Waals surface area contributed by atoms with Crippen molar-refractivity contribution in [3.8, 4) is 22.3 Å². The van der Waals surface area contributed by atoms with Gasteiger partial charge in [-0.25, -0.2) is 5.32 Å². The van der Waals surface area contributed by atoms with Gasteiger partial charge in [0, 0.05) is 22.4 Å². The molecule has 1 aliphatic carbocycles. The van der Waals surface area contributed by atoms with Crippen molar-refractivity contribution in [2.75, 3.05) is 4.90 Å². The average Bonchev–Trinajstić information content (AvgIpc) is 3.63. The molecule has 0 saturated heterocycles. The molecular weight excluding hydrogens is 765 g/mol. The quantitative estimate of drug-likeness (QED) is 0.140. The topological polar surface area (TPSA) is 59.5 Å². The lowest BCUT2D eigenvalue weighted by molar-refractivity contribution is -0.626. The summed E-state index contributed by atoms with van der Waals surface area (Å²) in [7, 11) is 0. The number of benzene rings is 9. The summed E-state index contributed by atoms with van der Waals surface area (Å²) in [5.74, 6) is 0. The summed E-state index contributed by atoms with van der Waals surface area (Å²) in [4.78, 5) is 2.45. The molecule has 0 amide bonds. The molecule has 6 N–H and O–H groups in total. The van der Waals surface area contributed by atoms with E-state index in [1.807, 2.05) is 0 Å². The van der Waals surface area contributed by atoms with Gasteiger partial charge in [-0.3, -0.25) is 0 Å². The van der Waals surface area contributed by atoms with Crippen LogP contribution >= 0.6 is 0 Å². The number of hydrogen-bond acceptors (Lipinski definition) is 2. The number of rotatable bonds is 7. The Kier molecular flexibility index (Phi) is 8.91. The molecule has 3 aliphatic rings. The Morgan fingerprint density at radius 2 is 1.05 bits per heavy atom. The van der Waals surface area contributed by atoms with Crippen molar-refractivity contribution < 1.29 is 11.1 Å². The smallest absolute Gasteiger partial charge is 0.175 e. The third-order valence-electron chi connectivity index (χ3n) is 13.4. The maximum Gasteiger partial charge on any atom is 0.175 e. The number of nitrogens with zero attached hydrogens (tertiary/aromatic N) is 1. The van der Waals surface area contributed by atoms with Crippen LogP contribution in [-0.2, 0) is 5.41 Å². The lowest BCUT2D eigenvalue weighted by Gasteiger charge is -2.45. The zero-order chi connectivity index (χ0) is 41.9. The van der Waals surface area contributed by atoms with Gasteiger partial charge in [0.1, 0.15) is 6.20 Å².